The third-order valence-corrected chi connectivity index (χ3v) is 4.04. The van der Waals surface area contributed by atoms with Gasteiger partial charge in [0.05, 0.1) is 4.92 Å². The van der Waals surface area contributed by atoms with Crippen LogP contribution in [0.25, 0.3) is 0 Å². The number of nitro benzene ring substituents is 1. The Bertz CT molecular complexity index is 704. The number of carbonyl (C=O) groups excluding carboxylic acids is 2. The number of piperidine rings is 1. The van der Waals surface area contributed by atoms with E-state index in [-0.39, 0.29) is 37.2 Å². The van der Waals surface area contributed by atoms with Crippen LogP contribution in [0, 0.1) is 10.1 Å². The smallest absolute Gasteiger partial charge is 0.408 e. The zero-order valence-corrected chi connectivity index (χ0v) is 14.1. The summed E-state index contributed by atoms with van der Waals surface area (Å²) in [6.45, 7) is 1.23. The van der Waals surface area contributed by atoms with Crippen molar-refractivity contribution in [1.82, 2.24) is 10.2 Å². The number of non-ortho nitro benzene ring substituents is 1. The number of nitrogens with zero attached hydrogens (tertiary/aromatic N) is 2. The predicted octanol–water partition coefficient (Wildman–Crippen LogP) is 1.29. The number of benzene rings is 1. The monoisotopic (exact) mass is 365 g/mol. The Labute approximate surface area is 148 Å². The molecule has 140 valence electrons. The molecule has 0 unspecified atom stereocenters. The molecule has 0 bridgehead atoms. The van der Waals surface area contributed by atoms with Crippen molar-refractivity contribution >= 4 is 23.7 Å². The first-order chi connectivity index (χ1) is 12.3. The van der Waals surface area contributed by atoms with Gasteiger partial charge in [-0.25, -0.2) is 9.59 Å². The van der Waals surface area contributed by atoms with Gasteiger partial charge in [0.1, 0.15) is 12.6 Å². The van der Waals surface area contributed by atoms with Gasteiger partial charge in [-0.05, 0) is 30.5 Å². The van der Waals surface area contributed by atoms with E-state index in [2.05, 4.69) is 5.32 Å². The van der Waals surface area contributed by atoms with Gasteiger partial charge < -0.3 is 15.2 Å². The van der Waals surface area contributed by atoms with Crippen molar-refractivity contribution in [3.63, 3.8) is 0 Å². The van der Waals surface area contributed by atoms with Crippen molar-refractivity contribution < 1.29 is 29.2 Å². The summed E-state index contributed by atoms with van der Waals surface area (Å²) in [5.41, 5.74) is 0.478. The Morgan fingerprint density at radius 3 is 2.50 bits per heavy atom. The molecule has 1 fully saturated rings. The van der Waals surface area contributed by atoms with Crippen molar-refractivity contribution in [3.8, 4) is 0 Å². The van der Waals surface area contributed by atoms with Crippen LogP contribution in [-0.4, -0.2) is 51.5 Å². The first-order valence-corrected chi connectivity index (χ1v) is 7.94. The van der Waals surface area contributed by atoms with Gasteiger partial charge in [0.2, 0.25) is 5.91 Å². The summed E-state index contributed by atoms with van der Waals surface area (Å²) in [7, 11) is 0. The zero-order chi connectivity index (χ0) is 19.3. The molecule has 1 aliphatic heterocycles. The number of hydrogen-bond donors (Lipinski definition) is 2. The van der Waals surface area contributed by atoms with Crippen LogP contribution < -0.4 is 5.32 Å². The van der Waals surface area contributed by atoms with Crippen molar-refractivity contribution in [1.29, 1.82) is 0 Å². The molecule has 2 atom stereocenters. The van der Waals surface area contributed by atoms with E-state index in [1.807, 2.05) is 0 Å². The lowest BCUT2D eigenvalue weighted by molar-refractivity contribution is -0.384. The van der Waals surface area contributed by atoms with Gasteiger partial charge in [-0.3, -0.25) is 19.8 Å². The molecular weight excluding hydrogens is 346 g/mol. The highest BCUT2D eigenvalue weighted by atomic mass is 16.6. The molecule has 2 rings (SSSR count). The topological polar surface area (TPSA) is 139 Å². The largest absolute Gasteiger partial charge is 0.465 e. The first-order valence-electron chi connectivity index (χ1n) is 7.94. The van der Waals surface area contributed by atoms with E-state index in [9.17, 15) is 29.6 Å². The number of nitrogens with one attached hydrogen (secondary N) is 1. The molecule has 1 saturated heterocycles. The summed E-state index contributed by atoms with van der Waals surface area (Å²) < 4.78 is 5.16. The molecule has 2 amide bonds. The number of carbonyl (C=O) groups is 3. The van der Waals surface area contributed by atoms with Crippen molar-refractivity contribution in [2.75, 3.05) is 6.54 Å². The predicted molar refractivity (Wildman–Crippen MR) is 88.2 cm³/mol. The number of amides is 2. The highest BCUT2D eigenvalue weighted by molar-refractivity contribution is 5.81. The van der Waals surface area contributed by atoms with E-state index in [0.717, 1.165) is 4.90 Å². The Kier molecular flexibility index (Phi) is 6.10. The van der Waals surface area contributed by atoms with E-state index in [1.165, 1.54) is 31.2 Å². The maximum atomic E-state index is 12.3. The number of ether oxygens (including phenoxy) is 1. The summed E-state index contributed by atoms with van der Waals surface area (Å²) in [5, 5.41) is 22.6. The molecule has 0 aliphatic carbocycles. The Balaban J connectivity index is 1.95. The number of nitro groups is 1. The molecule has 10 heteroatoms. The SMILES string of the molecule is CC(=O)N[C@@H]1CC[C@@H](C(=O)OCc2ccc([N+](=O)[O-])cc2)N(C(=O)O)C1. The molecule has 1 aliphatic rings. The third-order valence-electron chi connectivity index (χ3n) is 4.04. The van der Waals surface area contributed by atoms with Crippen LogP contribution in [0.4, 0.5) is 10.5 Å². The summed E-state index contributed by atoms with van der Waals surface area (Å²) >= 11 is 0. The quantitative estimate of drug-likeness (QED) is 0.455. The number of hydrogen-bond acceptors (Lipinski definition) is 6. The van der Waals surface area contributed by atoms with E-state index < -0.39 is 23.0 Å². The fraction of sp³-hybridized carbons (Fsp3) is 0.438. The minimum Gasteiger partial charge on any atom is -0.465 e. The van der Waals surface area contributed by atoms with Gasteiger partial charge in [0.15, 0.2) is 0 Å². The van der Waals surface area contributed by atoms with Crippen LogP contribution in [0.2, 0.25) is 0 Å². The maximum Gasteiger partial charge on any atom is 0.408 e. The third kappa shape index (κ3) is 4.91. The van der Waals surface area contributed by atoms with Crippen molar-refractivity contribution in [2.24, 2.45) is 0 Å². The molecule has 10 nitrogen and oxygen atoms in total. The van der Waals surface area contributed by atoms with Crippen LogP contribution in [-0.2, 0) is 20.9 Å². The normalized spacial score (nSPS) is 19.5. The number of esters is 1. The fourth-order valence-corrected chi connectivity index (χ4v) is 2.80. The van der Waals surface area contributed by atoms with Crippen molar-refractivity contribution in [3.05, 3.63) is 39.9 Å². The van der Waals surface area contributed by atoms with Crippen LogP contribution in [0.15, 0.2) is 24.3 Å². The van der Waals surface area contributed by atoms with Gasteiger partial charge in [-0.1, -0.05) is 0 Å². The summed E-state index contributed by atoms with van der Waals surface area (Å²) in [5.74, 6) is -0.952. The standard InChI is InChI=1S/C16H19N3O7/c1-10(20)17-12-4-7-14(18(8-12)16(22)23)15(21)26-9-11-2-5-13(6-3-11)19(24)25/h2-3,5-6,12,14H,4,7-9H2,1H3,(H,17,20)(H,22,23)/t12-,14+/m1/s1. The summed E-state index contributed by atoms with van der Waals surface area (Å²) in [6, 6.07) is 4.23. The first kappa shape index (κ1) is 19.2. The van der Waals surface area contributed by atoms with Gasteiger partial charge in [0.25, 0.3) is 5.69 Å². The molecule has 0 spiro atoms. The molecule has 26 heavy (non-hydrogen) atoms. The number of carboxylic acid groups (broad SMARTS) is 1. The van der Waals surface area contributed by atoms with Crippen LogP contribution in [0.1, 0.15) is 25.3 Å². The lowest BCUT2D eigenvalue weighted by Gasteiger charge is -2.36. The maximum absolute atomic E-state index is 12.3. The molecule has 1 aromatic rings. The molecule has 1 aromatic carbocycles. The second-order valence-electron chi connectivity index (χ2n) is 5.96. The minimum absolute atomic E-state index is 0.00616. The van der Waals surface area contributed by atoms with E-state index in [4.69, 9.17) is 4.74 Å². The number of rotatable bonds is 5. The highest BCUT2D eigenvalue weighted by Crippen LogP contribution is 2.20. The van der Waals surface area contributed by atoms with Gasteiger partial charge in [-0.15, -0.1) is 0 Å². The lowest BCUT2D eigenvalue weighted by atomic mass is 9.98. The van der Waals surface area contributed by atoms with Gasteiger partial charge in [-0.2, -0.15) is 0 Å². The second-order valence-corrected chi connectivity index (χ2v) is 5.96. The fourth-order valence-electron chi connectivity index (χ4n) is 2.80. The van der Waals surface area contributed by atoms with E-state index >= 15 is 0 Å². The lowest BCUT2D eigenvalue weighted by Crippen LogP contribution is -2.56. The van der Waals surface area contributed by atoms with Gasteiger partial charge in [0, 0.05) is 31.6 Å². The zero-order valence-electron chi connectivity index (χ0n) is 14.1. The highest BCUT2D eigenvalue weighted by Gasteiger charge is 2.37. The number of likely N-dealkylation sites (tertiary alicyclic amines) is 1. The Morgan fingerprint density at radius 1 is 1.31 bits per heavy atom. The average Bonchev–Trinajstić information content (AvgIpc) is 2.59. The Morgan fingerprint density at radius 2 is 1.96 bits per heavy atom. The van der Waals surface area contributed by atoms with Gasteiger partial charge >= 0.3 is 12.1 Å². The van der Waals surface area contributed by atoms with E-state index in [0.29, 0.717) is 12.0 Å². The molecule has 1 heterocycles. The van der Waals surface area contributed by atoms with Crippen LogP contribution in [0.5, 0.6) is 0 Å². The second kappa shape index (κ2) is 8.28. The van der Waals surface area contributed by atoms with Crippen molar-refractivity contribution in [2.45, 2.75) is 38.5 Å². The molecule has 0 aromatic heterocycles. The van der Waals surface area contributed by atoms with Crippen LogP contribution >= 0.6 is 0 Å². The van der Waals surface area contributed by atoms with E-state index in [1.54, 1.807) is 0 Å². The molecule has 2 N–H and O–H groups in total. The molecular formula is C16H19N3O7. The molecule has 0 saturated carbocycles. The summed E-state index contributed by atoms with van der Waals surface area (Å²) in [4.78, 5) is 45.8. The summed E-state index contributed by atoms with van der Waals surface area (Å²) in [6.07, 6.45) is -0.575. The van der Waals surface area contributed by atoms with Crippen LogP contribution in [0.3, 0.4) is 0 Å². The Hall–Kier alpha value is -3.17. The average molecular weight is 365 g/mol. The molecule has 0 radical (unpaired) electrons. The minimum atomic E-state index is -1.27.